The largest absolute Gasteiger partial charge is 0.381 e. The molecular weight excluding hydrogens is 236 g/mol. The Morgan fingerprint density at radius 3 is 2.39 bits per heavy atom. The maximum atomic E-state index is 13.7. The molecule has 1 aliphatic carbocycles. The summed E-state index contributed by atoms with van der Waals surface area (Å²) in [5.74, 6) is -1.54. The molecule has 2 N–H and O–H groups in total. The molecule has 1 aromatic rings. The lowest BCUT2D eigenvalue weighted by Gasteiger charge is -2.28. The highest BCUT2D eigenvalue weighted by molar-refractivity contribution is 5.47. The van der Waals surface area contributed by atoms with Crippen molar-refractivity contribution in [1.82, 2.24) is 4.98 Å². The number of nitrogen functional groups attached to an aromatic ring is 1. The minimum atomic E-state index is -0.800. The second-order valence-corrected chi connectivity index (χ2v) is 4.92. The molecule has 1 fully saturated rings. The minimum Gasteiger partial charge on any atom is -0.381 e. The molecule has 18 heavy (non-hydrogen) atoms. The molecule has 5 heteroatoms. The van der Waals surface area contributed by atoms with E-state index in [-0.39, 0.29) is 17.7 Å². The van der Waals surface area contributed by atoms with E-state index >= 15 is 0 Å². The average molecular weight is 255 g/mol. The van der Waals surface area contributed by atoms with Gasteiger partial charge in [-0.25, -0.2) is 13.8 Å². The summed E-state index contributed by atoms with van der Waals surface area (Å²) in [5, 5.41) is 0. The Hall–Kier alpha value is -1.39. The number of hydrogen-bond donors (Lipinski definition) is 1. The lowest BCUT2D eigenvalue weighted by molar-refractivity contribution is 0.525. The molecular formula is C13H19F2N3. The van der Waals surface area contributed by atoms with E-state index < -0.39 is 11.6 Å². The molecule has 0 unspecified atom stereocenters. The first kappa shape index (κ1) is 13.1. The van der Waals surface area contributed by atoms with Crippen molar-refractivity contribution in [2.24, 2.45) is 0 Å². The van der Waals surface area contributed by atoms with Crippen molar-refractivity contribution >= 4 is 11.6 Å². The molecule has 0 atom stereocenters. The van der Waals surface area contributed by atoms with Gasteiger partial charge in [-0.15, -0.1) is 0 Å². The normalized spacial score (nSPS) is 17.5. The van der Waals surface area contributed by atoms with Gasteiger partial charge in [-0.3, -0.25) is 0 Å². The van der Waals surface area contributed by atoms with Gasteiger partial charge >= 0.3 is 0 Å². The van der Waals surface area contributed by atoms with Gasteiger partial charge in [0.25, 0.3) is 0 Å². The highest BCUT2D eigenvalue weighted by Crippen LogP contribution is 2.27. The van der Waals surface area contributed by atoms with Crippen LogP contribution in [0.5, 0.6) is 0 Å². The van der Waals surface area contributed by atoms with Gasteiger partial charge < -0.3 is 10.6 Å². The molecule has 0 saturated heterocycles. The Labute approximate surface area is 106 Å². The van der Waals surface area contributed by atoms with Crippen molar-refractivity contribution in [2.45, 2.75) is 44.6 Å². The van der Waals surface area contributed by atoms with Gasteiger partial charge in [0.1, 0.15) is 0 Å². The van der Waals surface area contributed by atoms with Crippen LogP contribution in [-0.2, 0) is 0 Å². The molecule has 1 heterocycles. The Morgan fingerprint density at radius 1 is 1.17 bits per heavy atom. The zero-order valence-corrected chi connectivity index (χ0v) is 10.6. The van der Waals surface area contributed by atoms with E-state index in [9.17, 15) is 8.78 Å². The number of pyridine rings is 1. The molecule has 0 aromatic carbocycles. The SMILES string of the molecule is CN(c1nc(N)c(F)cc1F)C1CCCCCC1. The maximum Gasteiger partial charge on any atom is 0.168 e. The summed E-state index contributed by atoms with van der Waals surface area (Å²) in [5.41, 5.74) is 5.41. The van der Waals surface area contributed by atoms with Crippen LogP contribution in [0.3, 0.4) is 0 Å². The van der Waals surface area contributed by atoms with Gasteiger partial charge in [-0.2, -0.15) is 0 Å². The molecule has 2 rings (SSSR count). The fourth-order valence-electron chi connectivity index (χ4n) is 2.54. The summed E-state index contributed by atoms with van der Waals surface area (Å²) in [7, 11) is 1.80. The van der Waals surface area contributed by atoms with Gasteiger partial charge in [0.15, 0.2) is 23.3 Å². The fourth-order valence-corrected chi connectivity index (χ4v) is 2.54. The molecule has 0 aliphatic heterocycles. The Kier molecular flexibility index (Phi) is 3.99. The third-order valence-corrected chi connectivity index (χ3v) is 3.64. The number of anilines is 2. The van der Waals surface area contributed by atoms with E-state index in [2.05, 4.69) is 4.98 Å². The van der Waals surface area contributed by atoms with Crippen LogP contribution in [0.25, 0.3) is 0 Å². The summed E-state index contributed by atoms with van der Waals surface area (Å²) >= 11 is 0. The Morgan fingerprint density at radius 2 is 1.78 bits per heavy atom. The van der Waals surface area contributed by atoms with Crippen LogP contribution in [0.15, 0.2) is 6.07 Å². The average Bonchev–Trinajstić information content (AvgIpc) is 2.61. The second kappa shape index (κ2) is 5.50. The maximum absolute atomic E-state index is 13.7. The van der Waals surface area contributed by atoms with Crippen LogP contribution in [0.1, 0.15) is 38.5 Å². The number of rotatable bonds is 2. The molecule has 0 bridgehead atoms. The van der Waals surface area contributed by atoms with Crippen LogP contribution >= 0.6 is 0 Å². The van der Waals surface area contributed by atoms with Gasteiger partial charge in [-0.1, -0.05) is 25.7 Å². The van der Waals surface area contributed by atoms with Gasteiger partial charge in [0, 0.05) is 19.2 Å². The summed E-state index contributed by atoms with van der Waals surface area (Å²) < 4.78 is 26.8. The highest BCUT2D eigenvalue weighted by atomic mass is 19.1. The van der Waals surface area contributed by atoms with Crippen molar-refractivity contribution in [1.29, 1.82) is 0 Å². The lowest BCUT2D eigenvalue weighted by Crippen LogP contribution is -2.32. The van der Waals surface area contributed by atoms with Crippen LogP contribution in [0, 0.1) is 11.6 Å². The van der Waals surface area contributed by atoms with Gasteiger partial charge in [-0.05, 0) is 12.8 Å². The van der Waals surface area contributed by atoms with E-state index in [1.807, 2.05) is 0 Å². The third-order valence-electron chi connectivity index (χ3n) is 3.64. The summed E-state index contributed by atoms with van der Waals surface area (Å²) in [6.45, 7) is 0. The zero-order valence-electron chi connectivity index (χ0n) is 10.6. The molecule has 1 saturated carbocycles. The minimum absolute atomic E-state index is 0.154. The number of aromatic nitrogens is 1. The van der Waals surface area contributed by atoms with E-state index in [1.54, 1.807) is 11.9 Å². The van der Waals surface area contributed by atoms with Crippen LogP contribution < -0.4 is 10.6 Å². The van der Waals surface area contributed by atoms with E-state index in [0.717, 1.165) is 31.7 Å². The molecule has 3 nitrogen and oxygen atoms in total. The number of hydrogen-bond acceptors (Lipinski definition) is 3. The van der Waals surface area contributed by atoms with Crippen molar-refractivity contribution < 1.29 is 8.78 Å². The van der Waals surface area contributed by atoms with E-state index in [0.29, 0.717) is 0 Å². The van der Waals surface area contributed by atoms with Crippen molar-refractivity contribution in [3.8, 4) is 0 Å². The van der Waals surface area contributed by atoms with Gasteiger partial charge in [0.05, 0.1) is 0 Å². The van der Waals surface area contributed by atoms with Crippen molar-refractivity contribution in [2.75, 3.05) is 17.7 Å². The Bertz CT molecular complexity index is 415. The van der Waals surface area contributed by atoms with Crippen LogP contribution in [0.4, 0.5) is 20.4 Å². The number of nitrogens with two attached hydrogens (primary N) is 1. The Balaban J connectivity index is 2.21. The monoisotopic (exact) mass is 255 g/mol. The number of halogens is 2. The quantitative estimate of drug-likeness (QED) is 0.826. The highest BCUT2D eigenvalue weighted by Gasteiger charge is 2.21. The first-order chi connectivity index (χ1) is 8.59. The third kappa shape index (κ3) is 2.71. The first-order valence-corrected chi connectivity index (χ1v) is 6.44. The van der Waals surface area contributed by atoms with Crippen LogP contribution in [0.2, 0.25) is 0 Å². The van der Waals surface area contributed by atoms with Crippen molar-refractivity contribution in [3.05, 3.63) is 17.7 Å². The summed E-state index contributed by atoms with van der Waals surface area (Å²) in [6, 6.07) is 1.07. The molecule has 0 spiro atoms. The fraction of sp³-hybridized carbons (Fsp3) is 0.615. The number of nitrogens with zero attached hydrogens (tertiary/aromatic N) is 2. The predicted octanol–water partition coefficient (Wildman–Crippen LogP) is 3.10. The summed E-state index contributed by atoms with van der Waals surface area (Å²) in [6.07, 6.45) is 6.79. The molecule has 0 radical (unpaired) electrons. The predicted molar refractivity (Wildman–Crippen MR) is 68.5 cm³/mol. The van der Waals surface area contributed by atoms with E-state index in [4.69, 9.17) is 5.73 Å². The lowest BCUT2D eigenvalue weighted by atomic mass is 10.1. The molecule has 1 aliphatic rings. The standard InChI is InChI=1S/C13H19F2N3/c1-18(9-6-4-2-3-5-7-9)13-11(15)8-10(14)12(16)17-13/h8-9H,2-7H2,1H3,(H2,16,17). The topological polar surface area (TPSA) is 42.2 Å². The van der Waals surface area contributed by atoms with Crippen molar-refractivity contribution in [3.63, 3.8) is 0 Å². The van der Waals surface area contributed by atoms with Gasteiger partial charge in [0.2, 0.25) is 0 Å². The first-order valence-electron chi connectivity index (χ1n) is 6.44. The zero-order chi connectivity index (χ0) is 13.1. The molecule has 0 amide bonds. The van der Waals surface area contributed by atoms with Crippen LogP contribution in [-0.4, -0.2) is 18.1 Å². The molecule has 1 aromatic heterocycles. The second-order valence-electron chi connectivity index (χ2n) is 4.92. The smallest absolute Gasteiger partial charge is 0.168 e. The molecule has 100 valence electrons. The van der Waals surface area contributed by atoms with E-state index in [1.165, 1.54) is 12.8 Å². The summed E-state index contributed by atoms with van der Waals surface area (Å²) in [4.78, 5) is 5.63.